The minimum Gasteiger partial charge on any atom is -0.493 e. The number of likely N-dealkylation sites (tertiary alicyclic amines) is 1. The Bertz CT molecular complexity index is 1160. The average molecular weight is 498 g/mol. The summed E-state index contributed by atoms with van der Waals surface area (Å²) >= 11 is 0. The van der Waals surface area contributed by atoms with Crippen LogP contribution in [0.25, 0.3) is 22.9 Å². The van der Waals surface area contributed by atoms with E-state index in [2.05, 4.69) is 10.2 Å². The summed E-state index contributed by atoms with van der Waals surface area (Å²) in [7, 11) is 4.62. The van der Waals surface area contributed by atoms with Gasteiger partial charge in [-0.1, -0.05) is 0 Å². The molecule has 1 aliphatic heterocycles. The molecule has 4 rings (SSSR count). The van der Waals surface area contributed by atoms with Gasteiger partial charge in [-0.2, -0.15) is 0 Å². The molecule has 0 aliphatic carbocycles. The number of carbonyl (C=O) groups is 1. The SMILES string of the molecule is CCOc1cc(-c2nnc(-c3cc(OC)c(OC)c(OC)c3)o2)ccc1OCC(=O)N1CCCCC1. The van der Waals surface area contributed by atoms with Crippen LogP contribution in [0.4, 0.5) is 0 Å². The Morgan fingerprint density at radius 3 is 2.08 bits per heavy atom. The highest BCUT2D eigenvalue weighted by Crippen LogP contribution is 2.41. The molecule has 1 amide bonds. The molecular formula is C26H31N3O7. The van der Waals surface area contributed by atoms with Crippen molar-refractivity contribution in [2.24, 2.45) is 0 Å². The molecule has 1 saturated heterocycles. The summed E-state index contributed by atoms with van der Waals surface area (Å²) in [5, 5.41) is 8.38. The first-order valence-corrected chi connectivity index (χ1v) is 11.9. The number of methoxy groups -OCH3 is 3. The molecule has 1 fully saturated rings. The molecule has 192 valence electrons. The van der Waals surface area contributed by atoms with E-state index in [0.717, 1.165) is 32.4 Å². The van der Waals surface area contributed by atoms with Crippen LogP contribution < -0.4 is 23.7 Å². The van der Waals surface area contributed by atoms with Crippen molar-refractivity contribution in [2.45, 2.75) is 26.2 Å². The van der Waals surface area contributed by atoms with Gasteiger partial charge < -0.3 is 33.0 Å². The van der Waals surface area contributed by atoms with Gasteiger partial charge >= 0.3 is 0 Å². The Kier molecular flexibility index (Phi) is 8.14. The molecule has 10 heteroatoms. The molecule has 10 nitrogen and oxygen atoms in total. The van der Waals surface area contributed by atoms with Gasteiger partial charge in [0.1, 0.15) is 0 Å². The van der Waals surface area contributed by atoms with Gasteiger partial charge in [-0.3, -0.25) is 4.79 Å². The summed E-state index contributed by atoms with van der Waals surface area (Å²) in [6.45, 7) is 3.84. The third-order valence-corrected chi connectivity index (χ3v) is 5.89. The Hall–Kier alpha value is -3.95. The molecular weight excluding hydrogens is 466 g/mol. The molecule has 2 aromatic carbocycles. The second kappa shape index (κ2) is 11.7. The minimum absolute atomic E-state index is 0.0203. The molecule has 1 aliphatic rings. The van der Waals surface area contributed by atoms with Gasteiger partial charge in [0.2, 0.25) is 17.5 Å². The number of aromatic nitrogens is 2. The number of amides is 1. The van der Waals surface area contributed by atoms with Gasteiger partial charge in [0, 0.05) is 24.2 Å². The molecule has 0 spiro atoms. The van der Waals surface area contributed by atoms with Crippen molar-refractivity contribution in [1.29, 1.82) is 0 Å². The highest BCUT2D eigenvalue weighted by atomic mass is 16.5. The molecule has 0 N–H and O–H groups in total. The van der Waals surface area contributed by atoms with Crippen LogP contribution in [0.3, 0.4) is 0 Å². The molecule has 36 heavy (non-hydrogen) atoms. The van der Waals surface area contributed by atoms with E-state index in [1.165, 1.54) is 7.11 Å². The van der Waals surface area contributed by atoms with Crippen LogP contribution in [-0.2, 0) is 4.79 Å². The molecule has 1 aromatic heterocycles. The van der Waals surface area contributed by atoms with Gasteiger partial charge in [-0.15, -0.1) is 10.2 Å². The smallest absolute Gasteiger partial charge is 0.260 e. The lowest BCUT2D eigenvalue weighted by Gasteiger charge is -2.26. The zero-order valence-corrected chi connectivity index (χ0v) is 21.0. The first-order chi connectivity index (χ1) is 17.6. The number of nitrogens with zero attached hydrogens (tertiary/aromatic N) is 3. The monoisotopic (exact) mass is 497 g/mol. The number of piperidine rings is 1. The maximum absolute atomic E-state index is 12.5. The van der Waals surface area contributed by atoms with Gasteiger partial charge in [0.25, 0.3) is 5.91 Å². The Balaban J connectivity index is 1.55. The van der Waals surface area contributed by atoms with Crippen molar-refractivity contribution in [3.05, 3.63) is 30.3 Å². The molecule has 0 saturated carbocycles. The van der Waals surface area contributed by atoms with Crippen molar-refractivity contribution in [1.82, 2.24) is 15.1 Å². The second-order valence-corrected chi connectivity index (χ2v) is 8.15. The maximum atomic E-state index is 12.5. The van der Waals surface area contributed by atoms with Crippen LogP contribution >= 0.6 is 0 Å². The zero-order chi connectivity index (χ0) is 25.5. The topological polar surface area (TPSA) is 105 Å². The van der Waals surface area contributed by atoms with Crippen molar-refractivity contribution in [2.75, 3.05) is 47.6 Å². The van der Waals surface area contributed by atoms with Crippen molar-refractivity contribution < 1.29 is 32.9 Å². The van der Waals surface area contributed by atoms with Crippen LogP contribution in [0.1, 0.15) is 26.2 Å². The first kappa shape index (κ1) is 25.2. The van der Waals surface area contributed by atoms with Gasteiger partial charge in [-0.25, -0.2) is 0 Å². The van der Waals surface area contributed by atoms with Gasteiger partial charge in [0.15, 0.2) is 29.6 Å². The lowest BCUT2D eigenvalue weighted by atomic mass is 10.1. The van der Waals surface area contributed by atoms with Crippen molar-refractivity contribution in [3.63, 3.8) is 0 Å². The molecule has 3 aromatic rings. The predicted octanol–water partition coefficient (Wildman–Crippen LogP) is 4.22. The third kappa shape index (κ3) is 5.48. The number of ether oxygens (including phenoxy) is 5. The quantitative estimate of drug-likeness (QED) is 0.407. The van der Waals surface area contributed by atoms with Crippen LogP contribution in [0.15, 0.2) is 34.7 Å². The average Bonchev–Trinajstić information content (AvgIpc) is 3.42. The van der Waals surface area contributed by atoms with E-state index in [-0.39, 0.29) is 18.4 Å². The lowest BCUT2D eigenvalue weighted by molar-refractivity contribution is -0.134. The minimum atomic E-state index is -0.0364. The molecule has 0 radical (unpaired) electrons. The van der Waals surface area contributed by atoms with E-state index in [1.54, 1.807) is 44.6 Å². The number of rotatable bonds is 10. The fourth-order valence-corrected chi connectivity index (χ4v) is 4.06. The fourth-order valence-electron chi connectivity index (χ4n) is 4.06. The van der Waals surface area contributed by atoms with Crippen LogP contribution in [0.5, 0.6) is 28.7 Å². The summed E-state index contributed by atoms with van der Waals surface area (Å²) < 4.78 is 33.7. The summed E-state index contributed by atoms with van der Waals surface area (Å²) in [6, 6.07) is 8.76. The van der Waals surface area contributed by atoms with Gasteiger partial charge in [-0.05, 0) is 56.5 Å². The number of benzene rings is 2. The van der Waals surface area contributed by atoms with E-state index < -0.39 is 0 Å². The Morgan fingerprint density at radius 1 is 0.833 bits per heavy atom. The molecule has 0 atom stereocenters. The van der Waals surface area contributed by atoms with E-state index >= 15 is 0 Å². The highest BCUT2D eigenvalue weighted by molar-refractivity contribution is 5.78. The largest absolute Gasteiger partial charge is 0.493 e. The second-order valence-electron chi connectivity index (χ2n) is 8.15. The number of hydrogen-bond donors (Lipinski definition) is 0. The fraction of sp³-hybridized carbons (Fsp3) is 0.423. The van der Waals surface area contributed by atoms with Gasteiger partial charge in [0.05, 0.1) is 27.9 Å². The maximum Gasteiger partial charge on any atom is 0.260 e. The first-order valence-electron chi connectivity index (χ1n) is 11.9. The summed E-state index contributed by atoms with van der Waals surface area (Å²) in [6.07, 6.45) is 3.23. The molecule has 2 heterocycles. The summed E-state index contributed by atoms with van der Waals surface area (Å²) in [4.78, 5) is 14.3. The third-order valence-electron chi connectivity index (χ3n) is 5.89. The van der Waals surface area contributed by atoms with E-state index in [1.807, 2.05) is 11.8 Å². The number of carbonyl (C=O) groups excluding carboxylic acids is 1. The van der Waals surface area contributed by atoms with Crippen LogP contribution in [0, 0.1) is 0 Å². The van der Waals surface area contributed by atoms with E-state index in [0.29, 0.717) is 52.4 Å². The summed E-state index contributed by atoms with van der Waals surface area (Å²) in [5.74, 6) is 2.97. The molecule has 0 unspecified atom stereocenters. The lowest BCUT2D eigenvalue weighted by Crippen LogP contribution is -2.38. The van der Waals surface area contributed by atoms with Crippen LogP contribution in [-0.4, -0.2) is 68.6 Å². The Morgan fingerprint density at radius 2 is 1.47 bits per heavy atom. The van der Waals surface area contributed by atoms with E-state index in [4.69, 9.17) is 28.1 Å². The molecule has 0 bridgehead atoms. The van der Waals surface area contributed by atoms with Crippen molar-refractivity contribution >= 4 is 5.91 Å². The van der Waals surface area contributed by atoms with Crippen LogP contribution in [0.2, 0.25) is 0 Å². The zero-order valence-electron chi connectivity index (χ0n) is 21.0. The van der Waals surface area contributed by atoms with E-state index in [9.17, 15) is 4.79 Å². The highest BCUT2D eigenvalue weighted by Gasteiger charge is 2.20. The number of hydrogen-bond acceptors (Lipinski definition) is 9. The standard InChI is InChI=1S/C26H31N3O7/c1-5-34-20-13-17(9-10-19(20)35-16-23(30)29-11-7-6-8-12-29)25-27-28-26(36-25)18-14-21(31-2)24(33-4)22(15-18)32-3/h9-10,13-15H,5-8,11-12,16H2,1-4H3. The predicted molar refractivity (Wildman–Crippen MR) is 132 cm³/mol. The normalized spacial score (nSPS) is 13.3. The Labute approximate surface area is 210 Å². The van der Waals surface area contributed by atoms with Crippen molar-refractivity contribution in [3.8, 4) is 51.7 Å². The summed E-state index contributed by atoms with van der Waals surface area (Å²) in [5.41, 5.74) is 1.27.